The minimum Gasteiger partial charge on any atom is -0.383 e. The number of amides is 2. The number of aromatic nitrogens is 1. The van der Waals surface area contributed by atoms with E-state index >= 15 is 0 Å². The summed E-state index contributed by atoms with van der Waals surface area (Å²) < 4.78 is 5.05. The van der Waals surface area contributed by atoms with Gasteiger partial charge in [-0.05, 0) is 30.5 Å². The van der Waals surface area contributed by atoms with Crippen LogP contribution in [0.4, 0.5) is 0 Å². The number of aryl methyl sites for hydroxylation is 1. The van der Waals surface area contributed by atoms with E-state index in [4.69, 9.17) is 4.74 Å². The van der Waals surface area contributed by atoms with Crippen LogP contribution in [0.15, 0.2) is 12.3 Å². The number of ether oxygens (including phenoxy) is 1. The lowest BCUT2D eigenvalue weighted by Crippen LogP contribution is -2.46. The van der Waals surface area contributed by atoms with Crippen molar-refractivity contribution in [2.24, 2.45) is 5.92 Å². The minimum absolute atomic E-state index is 0.104. The number of rotatable bonds is 4. The molecule has 2 amide bonds. The summed E-state index contributed by atoms with van der Waals surface area (Å²) in [4.78, 5) is 32.7. The van der Waals surface area contributed by atoms with Crippen LogP contribution in [-0.2, 0) is 27.4 Å². The molecule has 23 heavy (non-hydrogen) atoms. The first-order valence-corrected chi connectivity index (χ1v) is 8.08. The van der Waals surface area contributed by atoms with Crippen LogP contribution in [0.3, 0.4) is 0 Å². The van der Waals surface area contributed by atoms with Gasteiger partial charge in [0.05, 0.1) is 12.5 Å². The molecule has 1 fully saturated rings. The molecule has 3 heterocycles. The van der Waals surface area contributed by atoms with Gasteiger partial charge < -0.3 is 14.5 Å². The summed E-state index contributed by atoms with van der Waals surface area (Å²) >= 11 is 0. The summed E-state index contributed by atoms with van der Waals surface area (Å²) in [6.07, 6.45) is 2.96. The summed E-state index contributed by atoms with van der Waals surface area (Å²) in [5, 5.41) is 0. The smallest absolute Gasteiger partial charge is 0.228 e. The number of methoxy groups -OCH3 is 1. The van der Waals surface area contributed by atoms with E-state index in [0.29, 0.717) is 45.6 Å². The third-order valence-electron chi connectivity index (χ3n) is 4.67. The Morgan fingerprint density at radius 3 is 2.96 bits per heavy atom. The Balaban J connectivity index is 1.64. The Bertz CT molecular complexity index is 617. The molecular weight excluding hydrogens is 294 g/mol. The molecule has 1 aromatic rings. The minimum atomic E-state index is -0.104. The van der Waals surface area contributed by atoms with Gasteiger partial charge in [-0.3, -0.25) is 14.6 Å². The summed E-state index contributed by atoms with van der Waals surface area (Å²) in [5.74, 6) is 0.164. The van der Waals surface area contributed by atoms with E-state index in [1.807, 2.05) is 18.0 Å². The third kappa shape index (κ3) is 3.37. The van der Waals surface area contributed by atoms with Gasteiger partial charge in [-0.2, -0.15) is 0 Å². The Morgan fingerprint density at radius 2 is 2.17 bits per heavy atom. The molecule has 0 spiro atoms. The molecule has 2 aliphatic rings. The Labute approximate surface area is 136 Å². The van der Waals surface area contributed by atoms with Gasteiger partial charge in [0.2, 0.25) is 11.8 Å². The Kier molecular flexibility index (Phi) is 4.61. The molecule has 124 valence electrons. The second-order valence-electron chi connectivity index (χ2n) is 6.36. The Hall–Kier alpha value is -1.95. The number of hydrogen-bond donors (Lipinski definition) is 0. The van der Waals surface area contributed by atoms with Gasteiger partial charge in [-0.1, -0.05) is 0 Å². The van der Waals surface area contributed by atoms with E-state index in [9.17, 15) is 9.59 Å². The standard InChI is InChI=1S/C17H23N3O3/c1-12-7-14-10-20(11-15(14)8-18-12)17(22)13-3-4-16(21)19(9-13)5-6-23-2/h7-8,13H,3-6,9-11H2,1-2H3/t13-/m1/s1. The largest absolute Gasteiger partial charge is 0.383 e. The molecular formula is C17H23N3O3. The lowest BCUT2D eigenvalue weighted by atomic mass is 9.96. The fourth-order valence-corrected chi connectivity index (χ4v) is 3.35. The highest BCUT2D eigenvalue weighted by molar-refractivity contribution is 5.84. The van der Waals surface area contributed by atoms with Gasteiger partial charge in [-0.25, -0.2) is 0 Å². The topological polar surface area (TPSA) is 62.7 Å². The molecule has 6 nitrogen and oxygen atoms in total. The maximum Gasteiger partial charge on any atom is 0.228 e. The normalized spacial score (nSPS) is 20.8. The third-order valence-corrected chi connectivity index (χ3v) is 4.67. The predicted octanol–water partition coefficient (Wildman–Crippen LogP) is 1.12. The van der Waals surface area contributed by atoms with Gasteiger partial charge in [0, 0.05) is 51.6 Å². The molecule has 0 bridgehead atoms. The molecule has 6 heteroatoms. The predicted molar refractivity (Wildman–Crippen MR) is 84.4 cm³/mol. The second kappa shape index (κ2) is 6.66. The highest BCUT2D eigenvalue weighted by atomic mass is 16.5. The molecule has 3 rings (SSSR count). The van der Waals surface area contributed by atoms with Crippen LogP contribution in [0.25, 0.3) is 0 Å². The maximum atomic E-state index is 12.8. The van der Waals surface area contributed by atoms with Crippen molar-refractivity contribution in [2.75, 3.05) is 26.8 Å². The lowest BCUT2D eigenvalue weighted by molar-refractivity contribution is -0.143. The summed E-state index contributed by atoms with van der Waals surface area (Å²) in [6, 6.07) is 2.05. The van der Waals surface area contributed by atoms with Crippen LogP contribution in [-0.4, -0.2) is 53.4 Å². The summed E-state index contributed by atoms with van der Waals surface area (Å²) in [6.45, 7) is 4.82. The number of fused-ring (bicyclic) bond motifs is 1. The number of likely N-dealkylation sites (tertiary alicyclic amines) is 1. The van der Waals surface area contributed by atoms with E-state index in [-0.39, 0.29) is 17.7 Å². The molecule has 0 N–H and O–H groups in total. The van der Waals surface area contributed by atoms with E-state index in [1.165, 1.54) is 5.56 Å². The van der Waals surface area contributed by atoms with Crippen LogP contribution in [0, 0.1) is 12.8 Å². The van der Waals surface area contributed by atoms with Crippen molar-refractivity contribution >= 4 is 11.8 Å². The molecule has 0 aliphatic carbocycles. The van der Waals surface area contributed by atoms with Crippen LogP contribution in [0.2, 0.25) is 0 Å². The van der Waals surface area contributed by atoms with Crippen LogP contribution < -0.4 is 0 Å². The molecule has 0 aromatic carbocycles. The van der Waals surface area contributed by atoms with Crippen LogP contribution in [0.1, 0.15) is 29.7 Å². The Morgan fingerprint density at radius 1 is 1.39 bits per heavy atom. The monoisotopic (exact) mass is 317 g/mol. The number of hydrogen-bond acceptors (Lipinski definition) is 4. The van der Waals surface area contributed by atoms with Gasteiger partial charge in [0.1, 0.15) is 0 Å². The van der Waals surface area contributed by atoms with Crippen molar-refractivity contribution in [3.05, 3.63) is 29.1 Å². The number of carbonyl (C=O) groups is 2. The molecule has 1 atom stereocenters. The number of carbonyl (C=O) groups excluding carboxylic acids is 2. The van der Waals surface area contributed by atoms with Crippen molar-refractivity contribution in [2.45, 2.75) is 32.9 Å². The van der Waals surface area contributed by atoms with Gasteiger partial charge in [-0.15, -0.1) is 0 Å². The molecule has 0 radical (unpaired) electrons. The van der Waals surface area contributed by atoms with E-state index < -0.39 is 0 Å². The van der Waals surface area contributed by atoms with E-state index in [0.717, 1.165) is 11.3 Å². The summed E-state index contributed by atoms with van der Waals surface area (Å²) in [7, 11) is 1.62. The number of pyridine rings is 1. The first kappa shape index (κ1) is 15.9. The zero-order valence-electron chi connectivity index (χ0n) is 13.7. The number of nitrogens with zero attached hydrogens (tertiary/aromatic N) is 3. The zero-order chi connectivity index (χ0) is 16.4. The second-order valence-corrected chi connectivity index (χ2v) is 6.36. The van der Waals surface area contributed by atoms with Crippen LogP contribution >= 0.6 is 0 Å². The van der Waals surface area contributed by atoms with Crippen molar-refractivity contribution in [1.29, 1.82) is 0 Å². The van der Waals surface area contributed by atoms with Crippen molar-refractivity contribution < 1.29 is 14.3 Å². The van der Waals surface area contributed by atoms with Crippen molar-refractivity contribution in [1.82, 2.24) is 14.8 Å². The zero-order valence-corrected chi connectivity index (χ0v) is 13.7. The summed E-state index contributed by atoms with van der Waals surface area (Å²) in [5.41, 5.74) is 3.30. The molecule has 1 aromatic heterocycles. The van der Waals surface area contributed by atoms with E-state index in [1.54, 1.807) is 12.0 Å². The number of piperidine rings is 1. The van der Waals surface area contributed by atoms with Gasteiger partial charge in [0.15, 0.2) is 0 Å². The molecule has 1 saturated heterocycles. The van der Waals surface area contributed by atoms with Gasteiger partial charge >= 0.3 is 0 Å². The molecule has 0 unspecified atom stereocenters. The first-order valence-electron chi connectivity index (χ1n) is 8.08. The van der Waals surface area contributed by atoms with E-state index in [2.05, 4.69) is 11.1 Å². The first-order chi connectivity index (χ1) is 11.1. The maximum absolute atomic E-state index is 12.8. The highest BCUT2D eigenvalue weighted by Crippen LogP contribution is 2.27. The van der Waals surface area contributed by atoms with Crippen molar-refractivity contribution in [3.63, 3.8) is 0 Å². The van der Waals surface area contributed by atoms with Crippen molar-refractivity contribution in [3.8, 4) is 0 Å². The average Bonchev–Trinajstić information content (AvgIpc) is 2.96. The molecule has 2 aliphatic heterocycles. The SMILES string of the molecule is COCCN1C[C@H](C(=O)N2Cc3cnc(C)cc3C2)CCC1=O. The fraction of sp³-hybridized carbons (Fsp3) is 0.588. The lowest BCUT2D eigenvalue weighted by Gasteiger charge is -2.33. The quantitative estimate of drug-likeness (QED) is 0.835. The fourth-order valence-electron chi connectivity index (χ4n) is 3.35. The van der Waals surface area contributed by atoms with Crippen LogP contribution in [0.5, 0.6) is 0 Å². The average molecular weight is 317 g/mol. The highest BCUT2D eigenvalue weighted by Gasteiger charge is 2.34. The molecule has 0 saturated carbocycles. The van der Waals surface area contributed by atoms with Gasteiger partial charge in [0.25, 0.3) is 0 Å².